The molecule has 45 heavy (non-hydrogen) atoms. The van der Waals surface area contributed by atoms with Crippen LogP contribution in [0.3, 0.4) is 0 Å². The molecule has 1 saturated heterocycles. The number of amides is 3. The monoisotopic (exact) mass is 618 g/mol. The molecule has 2 fully saturated rings. The maximum atomic E-state index is 13.9. The first-order chi connectivity index (χ1) is 21.6. The van der Waals surface area contributed by atoms with Crippen molar-refractivity contribution in [3.8, 4) is 11.5 Å². The quantitative estimate of drug-likeness (QED) is 0.437. The first-order valence-electron chi connectivity index (χ1n) is 16.0. The Labute approximate surface area is 266 Å². The van der Waals surface area contributed by atoms with E-state index in [-0.39, 0.29) is 29.7 Å². The number of nitrogens with zero attached hydrogens (tertiary/aromatic N) is 3. The van der Waals surface area contributed by atoms with Gasteiger partial charge in [0.1, 0.15) is 11.6 Å². The summed E-state index contributed by atoms with van der Waals surface area (Å²) < 4.78 is 16.5. The van der Waals surface area contributed by atoms with Gasteiger partial charge in [-0.2, -0.15) is 5.10 Å². The lowest BCUT2D eigenvalue weighted by molar-refractivity contribution is -0.143. The molecule has 0 bridgehead atoms. The van der Waals surface area contributed by atoms with E-state index >= 15 is 0 Å². The van der Waals surface area contributed by atoms with Crippen molar-refractivity contribution in [3.63, 3.8) is 0 Å². The van der Waals surface area contributed by atoms with Gasteiger partial charge in [-0.05, 0) is 70.2 Å². The number of hydrazone groups is 1. The van der Waals surface area contributed by atoms with Gasteiger partial charge >= 0.3 is 6.09 Å². The van der Waals surface area contributed by atoms with Crippen LogP contribution in [0.4, 0.5) is 4.79 Å². The van der Waals surface area contributed by atoms with Crippen molar-refractivity contribution >= 4 is 23.6 Å². The molecule has 0 radical (unpaired) electrons. The molecule has 0 aromatic heterocycles. The van der Waals surface area contributed by atoms with Gasteiger partial charge in [-0.3, -0.25) is 9.59 Å². The highest BCUT2D eigenvalue weighted by Crippen LogP contribution is 2.40. The lowest BCUT2D eigenvalue weighted by atomic mass is 9.73. The molecule has 10 heteroatoms. The molecule has 0 spiro atoms. The highest BCUT2D eigenvalue weighted by molar-refractivity contribution is 6.07. The summed E-state index contributed by atoms with van der Waals surface area (Å²) >= 11 is 0. The van der Waals surface area contributed by atoms with Gasteiger partial charge in [0.25, 0.3) is 0 Å². The van der Waals surface area contributed by atoms with Crippen molar-refractivity contribution < 1.29 is 28.6 Å². The first-order valence-corrected chi connectivity index (χ1v) is 16.0. The zero-order chi connectivity index (χ0) is 32.1. The molecule has 2 aliphatic heterocycles. The summed E-state index contributed by atoms with van der Waals surface area (Å²) in [6, 6.07) is 14.6. The molecule has 1 aliphatic carbocycles. The van der Waals surface area contributed by atoms with Gasteiger partial charge in [0.2, 0.25) is 11.8 Å². The number of hydrogen-bond acceptors (Lipinski definition) is 7. The molecule has 1 saturated carbocycles. The Balaban J connectivity index is 1.33. The van der Waals surface area contributed by atoms with Crippen LogP contribution in [-0.2, 0) is 20.7 Å². The van der Waals surface area contributed by atoms with Gasteiger partial charge in [-0.1, -0.05) is 43.2 Å². The van der Waals surface area contributed by atoms with Gasteiger partial charge in [-0.15, -0.1) is 0 Å². The number of methoxy groups -OCH3 is 2. The van der Waals surface area contributed by atoms with E-state index in [2.05, 4.69) is 5.32 Å². The molecule has 10 nitrogen and oxygen atoms in total. The van der Waals surface area contributed by atoms with Crippen LogP contribution in [0.15, 0.2) is 53.6 Å². The predicted octanol–water partition coefficient (Wildman–Crippen LogP) is 5.18. The largest absolute Gasteiger partial charge is 0.493 e. The zero-order valence-corrected chi connectivity index (χ0v) is 27.1. The molecule has 2 aromatic carbocycles. The van der Waals surface area contributed by atoms with E-state index in [9.17, 15) is 14.4 Å². The highest BCUT2D eigenvalue weighted by atomic mass is 16.6. The van der Waals surface area contributed by atoms with Gasteiger partial charge in [0.05, 0.1) is 26.0 Å². The minimum atomic E-state index is -0.770. The van der Waals surface area contributed by atoms with Crippen molar-refractivity contribution in [2.45, 2.75) is 83.4 Å². The predicted molar refractivity (Wildman–Crippen MR) is 171 cm³/mol. The minimum absolute atomic E-state index is 0.0694. The molecule has 2 heterocycles. The van der Waals surface area contributed by atoms with Gasteiger partial charge in [0, 0.05) is 36.9 Å². The van der Waals surface area contributed by atoms with Crippen LogP contribution in [-0.4, -0.2) is 78.5 Å². The number of alkyl carbamates (subject to hydrolysis) is 1. The normalized spacial score (nSPS) is 21.4. The zero-order valence-electron chi connectivity index (χ0n) is 27.1. The molecule has 242 valence electrons. The summed E-state index contributed by atoms with van der Waals surface area (Å²) in [5, 5.41) is 9.56. The van der Waals surface area contributed by atoms with E-state index in [1.807, 2.05) is 48.5 Å². The smallest absolute Gasteiger partial charge is 0.408 e. The van der Waals surface area contributed by atoms with Crippen molar-refractivity contribution in [3.05, 3.63) is 59.7 Å². The van der Waals surface area contributed by atoms with Crippen LogP contribution < -0.4 is 14.8 Å². The average molecular weight is 619 g/mol. The minimum Gasteiger partial charge on any atom is -0.493 e. The fraction of sp³-hybridized carbons (Fsp3) is 0.543. The maximum Gasteiger partial charge on any atom is 0.408 e. The molecule has 3 aliphatic rings. The van der Waals surface area contributed by atoms with Crippen molar-refractivity contribution in [1.82, 2.24) is 15.2 Å². The summed E-state index contributed by atoms with van der Waals surface area (Å²) in [5.74, 6) is 1.17. The van der Waals surface area contributed by atoms with Crippen molar-refractivity contribution in [2.75, 3.05) is 27.3 Å². The number of benzene rings is 2. The Morgan fingerprint density at radius 3 is 2.24 bits per heavy atom. The number of ether oxygens (including phenoxy) is 3. The Morgan fingerprint density at radius 2 is 1.60 bits per heavy atom. The van der Waals surface area contributed by atoms with E-state index < -0.39 is 17.7 Å². The fourth-order valence-electron chi connectivity index (χ4n) is 6.74. The Hall–Kier alpha value is -4.08. The van der Waals surface area contributed by atoms with E-state index in [1.54, 1.807) is 44.9 Å². The third-order valence-corrected chi connectivity index (χ3v) is 8.95. The van der Waals surface area contributed by atoms with Crippen LogP contribution in [0.5, 0.6) is 11.5 Å². The Morgan fingerprint density at radius 1 is 0.933 bits per heavy atom. The third kappa shape index (κ3) is 7.60. The van der Waals surface area contributed by atoms with Crippen LogP contribution in [0.1, 0.15) is 70.4 Å². The van der Waals surface area contributed by atoms with Gasteiger partial charge < -0.3 is 24.4 Å². The van der Waals surface area contributed by atoms with Crippen LogP contribution in [0.2, 0.25) is 0 Å². The van der Waals surface area contributed by atoms with E-state index in [4.69, 9.17) is 19.3 Å². The van der Waals surface area contributed by atoms with Crippen LogP contribution >= 0.6 is 0 Å². The van der Waals surface area contributed by atoms with E-state index in [1.165, 1.54) is 0 Å². The number of piperidine rings is 1. The lowest BCUT2D eigenvalue weighted by Crippen LogP contribution is -2.56. The molecule has 3 atom stereocenters. The van der Waals surface area contributed by atoms with E-state index in [0.717, 1.165) is 42.5 Å². The molecule has 5 rings (SSSR count). The molecule has 1 N–H and O–H groups in total. The number of carbonyl (C=O) groups is 3. The molecule has 2 aromatic rings. The van der Waals surface area contributed by atoms with Crippen molar-refractivity contribution in [1.29, 1.82) is 0 Å². The second-order valence-electron chi connectivity index (χ2n) is 13.2. The number of fused-ring (bicyclic) bond motifs is 1. The van der Waals surface area contributed by atoms with Gasteiger partial charge in [0.15, 0.2) is 11.5 Å². The second kappa shape index (κ2) is 13.9. The molecule has 3 amide bonds. The van der Waals surface area contributed by atoms with Crippen LogP contribution in [0.25, 0.3) is 0 Å². The fourth-order valence-corrected chi connectivity index (χ4v) is 6.74. The van der Waals surface area contributed by atoms with E-state index in [0.29, 0.717) is 43.9 Å². The molecular formula is C35H46N4O6. The summed E-state index contributed by atoms with van der Waals surface area (Å²) in [5.41, 5.74) is 2.12. The number of carbonyl (C=O) groups excluding carboxylic acids is 3. The van der Waals surface area contributed by atoms with Crippen LogP contribution in [0, 0.1) is 11.8 Å². The number of hydrogen-bond donors (Lipinski definition) is 1. The summed E-state index contributed by atoms with van der Waals surface area (Å²) in [6.45, 7) is 6.30. The maximum absolute atomic E-state index is 13.9. The molecule has 0 unspecified atom stereocenters. The third-order valence-electron chi connectivity index (χ3n) is 8.95. The SMILES string of the molecule is COc1ccc(C2=NN(C3CCN(C(=O)[C@H](Cc4ccccc4)NC(=O)OC(C)(C)C)CC3)C(=O)[C@H]3CCCC[C@H]23)cc1OC. The second-order valence-corrected chi connectivity index (χ2v) is 13.2. The summed E-state index contributed by atoms with van der Waals surface area (Å²) in [6.07, 6.45) is 4.81. The summed E-state index contributed by atoms with van der Waals surface area (Å²) in [7, 11) is 3.23. The average Bonchev–Trinajstić information content (AvgIpc) is 3.04. The number of nitrogens with one attached hydrogen (secondary N) is 1. The van der Waals surface area contributed by atoms with Crippen molar-refractivity contribution in [2.24, 2.45) is 16.9 Å². The Kier molecular flexibility index (Phi) is 9.99. The van der Waals surface area contributed by atoms with Gasteiger partial charge in [-0.25, -0.2) is 9.80 Å². The number of rotatable bonds is 8. The standard InChI is InChI=1S/C35H46N4O6/c1-35(2,3)45-34(42)36-28(21-23-11-7-6-8-12-23)33(41)38-19-17-25(18-20-38)39-32(40)27-14-10-9-13-26(27)31(37-39)24-15-16-29(43-4)30(22-24)44-5/h6-8,11-12,15-16,22,25-28H,9-10,13-14,17-21H2,1-5H3,(H,36,42)/t26-,27-,28-/m0/s1. The summed E-state index contributed by atoms with van der Waals surface area (Å²) in [4.78, 5) is 42.2. The number of likely N-dealkylation sites (tertiary alicyclic amines) is 1. The highest BCUT2D eigenvalue weighted by Gasteiger charge is 2.44. The first kappa shape index (κ1) is 32.3. The topological polar surface area (TPSA) is 110 Å². The molecular weight excluding hydrogens is 572 g/mol. The lowest BCUT2D eigenvalue weighted by Gasteiger charge is -2.43. The Bertz CT molecular complexity index is 1400.